The Kier molecular flexibility index (Phi) is 5.83. The summed E-state index contributed by atoms with van der Waals surface area (Å²) in [5, 5.41) is 37.9. The van der Waals surface area contributed by atoms with Crippen LogP contribution in [0.3, 0.4) is 0 Å². The first kappa shape index (κ1) is 20.5. The van der Waals surface area contributed by atoms with Crippen molar-refractivity contribution in [1.82, 2.24) is 10.2 Å². The van der Waals surface area contributed by atoms with Gasteiger partial charge in [0, 0.05) is 24.5 Å². The second kappa shape index (κ2) is 8.53. The summed E-state index contributed by atoms with van der Waals surface area (Å²) in [6.45, 7) is 1.51. The molecule has 1 aromatic heterocycles. The maximum absolute atomic E-state index is 10.4. The predicted molar refractivity (Wildman–Crippen MR) is 108 cm³/mol. The van der Waals surface area contributed by atoms with Crippen LogP contribution in [0, 0.1) is 6.92 Å². The maximum atomic E-state index is 10.4. The van der Waals surface area contributed by atoms with Crippen molar-refractivity contribution < 1.29 is 29.2 Å². The Labute approximate surface area is 173 Å². The monoisotopic (exact) mass is 412 g/mol. The van der Waals surface area contributed by atoms with Crippen LogP contribution < -0.4 is 4.74 Å². The molecule has 4 atom stereocenters. The van der Waals surface area contributed by atoms with E-state index in [0.717, 1.165) is 16.7 Å². The number of aryl methyl sites for hydroxylation is 1. The van der Waals surface area contributed by atoms with Gasteiger partial charge in [0.2, 0.25) is 11.8 Å². The van der Waals surface area contributed by atoms with E-state index in [1.807, 2.05) is 42.5 Å². The van der Waals surface area contributed by atoms with Crippen molar-refractivity contribution in [2.75, 3.05) is 13.7 Å². The summed E-state index contributed by atoms with van der Waals surface area (Å²) >= 11 is 0. The fraction of sp³-hybridized carbons (Fsp3) is 0.364. The zero-order chi connectivity index (χ0) is 21.3. The van der Waals surface area contributed by atoms with Crippen molar-refractivity contribution in [3.05, 3.63) is 53.9 Å². The number of aliphatic hydroxyl groups is 3. The summed E-state index contributed by atoms with van der Waals surface area (Å²) in [6, 6.07) is 13.1. The molecule has 4 unspecified atom stereocenters. The molecule has 0 aliphatic carbocycles. The van der Waals surface area contributed by atoms with Gasteiger partial charge in [-0.25, -0.2) is 0 Å². The first-order valence-electron chi connectivity index (χ1n) is 9.71. The van der Waals surface area contributed by atoms with E-state index in [-0.39, 0.29) is 13.0 Å². The lowest BCUT2D eigenvalue weighted by molar-refractivity contribution is -0.179. The maximum Gasteiger partial charge on any atom is 0.247 e. The van der Waals surface area contributed by atoms with E-state index in [1.165, 1.54) is 0 Å². The number of aromatic nitrogens is 2. The number of ether oxygens (including phenoxy) is 2. The van der Waals surface area contributed by atoms with E-state index in [0.29, 0.717) is 23.1 Å². The fourth-order valence-electron chi connectivity index (χ4n) is 3.71. The summed E-state index contributed by atoms with van der Waals surface area (Å²) < 4.78 is 16.9. The number of hydrogen-bond donors (Lipinski definition) is 3. The van der Waals surface area contributed by atoms with E-state index in [4.69, 9.17) is 13.9 Å². The van der Waals surface area contributed by atoms with Gasteiger partial charge in [-0.2, -0.15) is 0 Å². The van der Waals surface area contributed by atoms with Crippen molar-refractivity contribution in [3.63, 3.8) is 0 Å². The SMILES string of the molecule is COc1cc(-c2nnc(C)o2)ccc1-c1cccc(C2OC(CO)CC(O)C2O)c1. The van der Waals surface area contributed by atoms with Gasteiger partial charge in [0.25, 0.3) is 0 Å². The van der Waals surface area contributed by atoms with E-state index >= 15 is 0 Å². The van der Waals surface area contributed by atoms with Crippen LogP contribution >= 0.6 is 0 Å². The minimum absolute atomic E-state index is 0.193. The molecule has 1 aliphatic rings. The van der Waals surface area contributed by atoms with Crippen LogP contribution in [0.2, 0.25) is 0 Å². The quantitative estimate of drug-likeness (QED) is 0.584. The predicted octanol–water partition coefficient (Wildman–Crippen LogP) is 2.26. The molecular formula is C22H24N2O6. The van der Waals surface area contributed by atoms with Gasteiger partial charge in [0.05, 0.1) is 25.9 Å². The lowest BCUT2D eigenvalue weighted by Crippen LogP contribution is -2.44. The van der Waals surface area contributed by atoms with E-state index < -0.39 is 24.4 Å². The molecule has 1 saturated heterocycles. The molecule has 2 aromatic carbocycles. The molecular weight excluding hydrogens is 388 g/mol. The summed E-state index contributed by atoms with van der Waals surface area (Å²) in [5.74, 6) is 1.52. The molecule has 0 spiro atoms. The second-order valence-electron chi connectivity index (χ2n) is 7.32. The summed E-state index contributed by atoms with van der Waals surface area (Å²) in [4.78, 5) is 0. The minimum atomic E-state index is -1.08. The Hall–Kier alpha value is -2.78. The lowest BCUT2D eigenvalue weighted by Gasteiger charge is -2.37. The van der Waals surface area contributed by atoms with Gasteiger partial charge in [-0.15, -0.1) is 10.2 Å². The standard InChI is InChI=1S/C22H24N2O6/c1-12-23-24-22(29-12)15-6-7-17(19(9-15)28-2)13-4-3-5-14(8-13)21-20(27)18(26)10-16(11-25)30-21/h3-9,16,18,20-21,25-27H,10-11H2,1-2H3. The average Bonchev–Trinajstić information content (AvgIpc) is 3.21. The molecule has 0 radical (unpaired) electrons. The molecule has 1 fully saturated rings. The summed E-state index contributed by atoms with van der Waals surface area (Å²) in [5.41, 5.74) is 3.14. The van der Waals surface area contributed by atoms with Crippen molar-refractivity contribution in [2.24, 2.45) is 0 Å². The topological polar surface area (TPSA) is 118 Å². The van der Waals surface area contributed by atoms with Crippen LogP contribution in [0.15, 0.2) is 46.9 Å². The highest BCUT2D eigenvalue weighted by molar-refractivity contribution is 5.74. The Morgan fingerprint density at radius 1 is 1.10 bits per heavy atom. The van der Waals surface area contributed by atoms with Gasteiger partial charge in [-0.05, 0) is 35.4 Å². The Bertz CT molecular complexity index is 1020. The van der Waals surface area contributed by atoms with Crippen LogP contribution in [0.5, 0.6) is 5.75 Å². The van der Waals surface area contributed by atoms with Crippen molar-refractivity contribution >= 4 is 0 Å². The number of nitrogens with zero attached hydrogens (tertiary/aromatic N) is 2. The molecule has 4 rings (SSSR count). The van der Waals surface area contributed by atoms with E-state index in [9.17, 15) is 15.3 Å². The number of rotatable bonds is 5. The second-order valence-corrected chi connectivity index (χ2v) is 7.32. The van der Waals surface area contributed by atoms with Gasteiger partial charge in [-0.3, -0.25) is 0 Å². The number of benzene rings is 2. The zero-order valence-corrected chi connectivity index (χ0v) is 16.7. The molecule has 158 valence electrons. The summed E-state index contributed by atoms with van der Waals surface area (Å²) in [7, 11) is 1.59. The van der Waals surface area contributed by atoms with Crippen molar-refractivity contribution in [2.45, 2.75) is 37.8 Å². The molecule has 0 saturated carbocycles. The highest BCUT2D eigenvalue weighted by Crippen LogP contribution is 2.37. The first-order chi connectivity index (χ1) is 14.5. The molecule has 0 bridgehead atoms. The van der Waals surface area contributed by atoms with Crippen molar-refractivity contribution in [3.8, 4) is 28.3 Å². The molecule has 1 aliphatic heterocycles. The molecule has 30 heavy (non-hydrogen) atoms. The largest absolute Gasteiger partial charge is 0.496 e. The lowest BCUT2D eigenvalue weighted by atomic mass is 9.91. The van der Waals surface area contributed by atoms with Gasteiger partial charge >= 0.3 is 0 Å². The Balaban J connectivity index is 1.68. The minimum Gasteiger partial charge on any atom is -0.496 e. The molecule has 8 nitrogen and oxygen atoms in total. The van der Waals surface area contributed by atoms with Crippen LogP contribution in [0.25, 0.3) is 22.6 Å². The van der Waals surface area contributed by atoms with Crippen LogP contribution in [0.4, 0.5) is 0 Å². The third-order valence-corrected chi connectivity index (χ3v) is 5.25. The number of aliphatic hydroxyl groups excluding tert-OH is 3. The van der Waals surface area contributed by atoms with Crippen LogP contribution in [0.1, 0.15) is 24.0 Å². The number of methoxy groups -OCH3 is 1. The van der Waals surface area contributed by atoms with Gasteiger partial charge in [0.15, 0.2) is 0 Å². The summed E-state index contributed by atoms with van der Waals surface area (Å²) in [6.07, 6.45) is -3.11. The Morgan fingerprint density at radius 2 is 1.93 bits per heavy atom. The highest BCUT2D eigenvalue weighted by atomic mass is 16.5. The normalized spacial score (nSPS) is 24.0. The van der Waals surface area contributed by atoms with Gasteiger partial charge in [0.1, 0.15) is 18.0 Å². The van der Waals surface area contributed by atoms with E-state index in [2.05, 4.69) is 10.2 Å². The molecule has 3 aromatic rings. The highest BCUT2D eigenvalue weighted by Gasteiger charge is 2.37. The average molecular weight is 412 g/mol. The van der Waals surface area contributed by atoms with Crippen LogP contribution in [-0.2, 0) is 4.74 Å². The van der Waals surface area contributed by atoms with Gasteiger partial charge in [-0.1, -0.05) is 18.2 Å². The Morgan fingerprint density at radius 3 is 2.63 bits per heavy atom. The smallest absolute Gasteiger partial charge is 0.247 e. The molecule has 2 heterocycles. The number of hydrogen-bond acceptors (Lipinski definition) is 8. The fourth-order valence-corrected chi connectivity index (χ4v) is 3.71. The molecule has 8 heteroatoms. The zero-order valence-electron chi connectivity index (χ0n) is 16.7. The van der Waals surface area contributed by atoms with Gasteiger partial charge < -0.3 is 29.2 Å². The molecule has 3 N–H and O–H groups in total. The molecule has 0 amide bonds. The third kappa shape index (κ3) is 3.95. The first-order valence-corrected chi connectivity index (χ1v) is 9.71. The van der Waals surface area contributed by atoms with Crippen molar-refractivity contribution in [1.29, 1.82) is 0 Å². The third-order valence-electron chi connectivity index (χ3n) is 5.25. The van der Waals surface area contributed by atoms with E-state index in [1.54, 1.807) is 14.0 Å². The van der Waals surface area contributed by atoms with Crippen LogP contribution in [-0.4, -0.2) is 57.5 Å².